The van der Waals surface area contributed by atoms with Crippen molar-refractivity contribution >= 4 is 21.8 Å². The smallest absolute Gasteiger partial charge is 0.281 e. The Hall–Kier alpha value is -5.03. The molecule has 0 spiro atoms. The van der Waals surface area contributed by atoms with Crippen LogP contribution in [0.4, 0.5) is 0 Å². The molecule has 39 heavy (non-hydrogen) atoms. The fourth-order valence-corrected chi connectivity index (χ4v) is 4.90. The molecule has 0 saturated carbocycles. The number of aromatic nitrogens is 5. The molecular formula is C31H26N6O2. The van der Waals surface area contributed by atoms with Crippen LogP contribution >= 0.6 is 0 Å². The monoisotopic (exact) mass is 514 g/mol. The lowest BCUT2D eigenvalue weighted by molar-refractivity contribution is 0.394. The van der Waals surface area contributed by atoms with Gasteiger partial charge >= 0.3 is 0 Å². The number of nitrogens with zero attached hydrogens (tertiary/aromatic N) is 6. The quantitative estimate of drug-likeness (QED) is 0.289. The van der Waals surface area contributed by atoms with Gasteiger partial charge in [0.25, 0.3) is 5.56 Å². The predicted octanol–water partition coefficient (Wildman–Crippen LogP) is 5.92. The first kappa shape index (κ1) is 24.3. The Bertz CT molecular complexity index is 1960. The largest absolute Gasteiger partial charge is 0.339 e. The second kappa shape index (κ2) is 9.07. The molecule has 0 N–H and O–H groups in total. The van der Waals surface area contributed by atoms with Crippen molar-refractivity contribution in [2.24, 2.45) is 0 Å². The van der Waals surface area contributed by atoms with E-state index in [1.165, 1.54) is 0 Å². The molecule has 8 heteroatoms. The molecule has 3 aromatic carbocycles. The minimum absolute atomic E-state index is 0.157. The Kier molecular flexibility index (Phi) is 5.65. The Labute approximate surface area is 224 Å². The van der Waals surface area contributed by atoms with Gasteiger partial charge < -0.3 is 9.09 Å². The highest BCUT2D eigenvalue weighted by molar-refractivity contribution is 5.87. The third kappa shape index (κ3) is 4.38. The van der Waals surface area contributed by atoms with Crippen LogP contribution in [0.5, 0.6) is 0 Å². The first-order chi connectivity index (χ1) is 18.7. The number of pyridine rings is 1. The summed E-state index contributed by atoms with van der Waals surface area (Å²) in [4.78, 5) is 23.1. The fraction of sp³-hybridized carbons (Fsp3) is 0.194. The van der Waals surface area contributed by atoms with E-state index in [0.29, 0.717) is 40.5 Å². The summed E-state index contributed by atoms with van der Waals surface area (Å²) in [6.07, 6.45) is 1.74. The summed E-state index contributed by atoms with van der Waals surface area (Å²) in [6, 6.07) is 23.4. The number of benzene rings is 3. The number of imidazole rings is 1. The zero-order valence-corrected chi connectivity index (χ0v) is 22.1. The van der Waals surface area contributed by atoms with Crippen LogP contribution in [0.25, 0.3) is 38.9 Å². The Balaban J connectivity index is 1.48. The standard InChI is InChI=1S/C31H26N6O2/c1-19-33-28(35-39-19)23-10-9-22-8-5-21(15-24(22)16-23)18-37-27-26(34-30(37)31(2,3)4)13-14-36(29(27)38)25-11-6-20(17-32)7-12-25/h5-16H,18H2,1-4H3. The number of rotatable bonds is 4. The summed E-state index contributed by atoms with van der Waals surface area (Å²) in [5, 5.41) is 15.3. The van der Waals surface area contributed by atoms with Gasteiger partial charge in [-0.3, -0.25) is 9.36 Å². The van der Waals surface area contributed by atoms with E-state index in [1.54, 1.807) is 42.0 Å². The van der Waals surface area contributed by atoms with Crippen LogP contribution < -0.4 is 5.56 Å². The highest BCUT2D eigenvalue weighted by Crippen LogP contribution is 2.28. The summed E-state index contributed by atoms with van der Waals surface area (Å²) in [5.74, 6) is 1.91. The van der Waals surface area contributed by atoms with E-state index in [9.17, 15) is 4.79 Å². The van der Waals surface area contributed by atoms with E-state index in [2.05, 4.69) is 61.2 Å². The summed E-state index contributed by atoms with van der Waals surface area (Å²) < 4.78 is 8.80. The lowest BCUT2D eigenvalue weighted by Gasteiger charge is -2.20. The van der Waals surface area contributed by atoms with Gasteiger partial charge in [0.05, 0.1) is 17.1 Å². The van der Waals surface area contributed by atoms with Crippen molar-refractivity contribution in [3.8, 4) is 23.1 Å². The number of nitriles is 1. The van der Waals surface area contributed by atoms with Crippen molar-refractivity contribution in [1.82, 2.24) is 24.3 Å². The minimum Gasteiger partial charge on any atom is -0.339 e. The van der Waals surface area contributed by atoms with Crippen LogP contribution in [0.2, 0.25) is 0 Å². The molecule has 3 heterocycles. The second-order valence-corrected chi connectivity index (χ2v) is 10.7. The van der Waals surface area contributed by atoms with Gasteiger partial charge in [0.2, 0.25) is 11.7 Å². The highest BCUT2D eigenvalue weighted by Gasteiger charge is 2.25. The first-order valence-corrected chi connectivity index (χ1v) is 12.7. The van der Waals surface area contributed by atoms with E-state index in [0.717, 1.165) is 27.7 Å². The average Bonchev–Trinajstić information content (AvgIpc) is 3.53. The lowest BCUT2D eigenvalue weighted by Crippen LogP contribution is -2.23. The predicted molar refractivity (Wildman–Crippen MR) is 150 cm³/mol. The lowest BCUT2D eigenvalue weighted by atomic mass is 9.95. The summed E-state index contributed by atoms with van der Waals surface area (Å²) in [6.45, 7) is 8.56. The van der Waals surface area contributed by atoms with Crippen molar-refractivity contribution in [2.75, 3.05) is 0 Å². The number of aryl methyl sites for hydroxylation is 1. The van der Waals surface area contributed by atoms with Gasteiger partial charge in [-0.2, -0.15) is 10.2 Å². The molecular weight excluding hydrogens is 488 g/mol. The van der Waals surface area contributed by atoms with E-state index >= 15 is 0 Å². The van der Waals surface area contributed by atoms with Crippen molar-refractivity contribution in [2.45, 2.75) is 39.7 Å². The van der Waals surface area contributed by atoms with Crippen molar-refractivity contribution in [1.29, 1.82) is 5.26 Å². The molecule has 192 valence electrons. The third-order valence-electron chi connectivity index (χ3n) is 6.77. The molecule has 0 bridgehead atoms. The summed E-state index contributed by atoms with van der Waals surface area (Å²) in [7, 11) is 0. The van der Waals surface area contributed by atoms with E-state index in [4.69, 9.17) is 14.8 Å². The maximum atomic E-state index is 13.9. The molecule has 0 fully saturated rings. The molecule has 0 saturated heterocycles. The minimum atomic E-state index is -0.286. The Morgan fingerprint density at radius 2 is 1.72 bits per heavy atom. The molecule has 6 aromatic rings. The van der Waals surface area contributed by atoms with Crippen LogP contribution in [0.3, 0.4) is 0 Å². The molecule has 0 unspecified atom stereocenters. The van der Waals surface area contributed by atoms with Crippen molar-refractivity contribution < 1.29 is 4.52 Å². The molecule has 0 aliphatic heterocycles. The SMILES string of the molecule is Cc1nc(-c2ccc3ccc(Cn4c(C(C)(C)C)nc5ccn(-c6ccc(C#N)cc6)c(=O)c54)cc3c2)no1. The van der Waals surface area contributed by atoms with E-state index < -0.39 is 0 Å². The molecule has 6 rings (SSSR count). The fourth-order valence-electron chi connectivity index (χ4n) is 4.90. The molecule has 0 amide bonds. The van der Waals surface area contributed by atoms with Gasteiger partial charge in [-0.15, -0.1) is 0 Å². The highest BCUT2D eigenvalue weighted by atomic mass is 16.5. The second-order valence-electron chi connectivity index (χ2n) is 10.7. The Morgan fingerprint density at radius 1 is 0.949 bits per heavy atom. The molecule has 0 aliphatic rings. The average molecular weight is 515 g/mol. The van der Waals surface area contributed by atoms with E-state index in [-0.39, 0.29) is 11.0 Å². The normalized spacial score (nSPS) is 11.8. The maximum Gasteiger partial charge on any atom is 0.281 e. The van der Waals surface area contributed by atoms with Crippen molar-refractivity contribution in [3.63, 3.8) is 0 Å². The van der Waals surface area contributed by atoms with Crippen LogP contribution in [-0.4, -0.2) is 24.3 Å². The van der Waals surface area contributed by atoms with Gasteiger partial charge in [0, 0.05) is 36.3 Å². The summed E-state index contributed by atoms with van der Waals surface area (Å²) in [5.41, 5.74) is 3.92. The van der Waals surface area contributed by atoms with Crippen LogP contribution in [0.15, 0.2) is 82.2 Å². The number of hydrogen-bond donors (Lipinski definition) is 0. The zero-order chi connectivity index (χ0) is 27.3. The third-order valence-corrected chi connectivity index (χ3v) is 6.77. The van der Waals surface area contributed by atoms with Crippen LogP contribution in [0, 0.1) is 18.3 Å². The van der Waals surface area contributed by atoms with Crippen LogP contribution in [-0.2, 0) is 12.0 Å². The first-order valence-electron chi connectivity index (χ1n) is 12.7. The van der Waals surface area contributed by atoms with Crippen molar-refractivity contribution in [3.05, 3.63) is 106 Å². The van der Waals surface area contributed by atoms with Gasteiger partial charge in [-0.25, -0.2) is 4.98 Å². The topological polar surface area (TPSA) is 103 Å². The van der Waals surface area contributed by atoms with Gasteiger partial charge in [-0.1, -0.05) is 50.2 Å². The molecule has 8 nitrogen and oxygen atoms in total. The molecule has 3 aromatic heterocycles. The number of fused-ring (bicyclic) bond motifs is 2. The molecule has 0 atom stereocenters. The molecule has 0 radical (unpaired) electrons. The van der Waals surface area contributed by atoms with Gasteiger partial charge in [0.15, 0.2) is 0 Å². The maximum absolute atomic E-state index is 13.9. The Morgan fingerprint density at radius 3 is 2.41 bits per heavy atom. The zero-order valence-electron chi connectivity index (χ0n) is 22.1. The molecule has 0 aliphatic carbocycles. The van der Waals surface area contributed by atoms with E-state index in [1.807, 2.05) is 22.8 Å². The van der Waals surface area contributed by atoms with Gasteiger partial charge in [-0.05, 0) is 58.8 Å². The summed E-state index contributed by atoms with van der Waals surface area (Å²) >= 11 is 0. The van der Waals surface area contributed by atoms with Crippen LogP contribution in [0.1, 0.15) is 43.6 Å². The number of hydrogen-bond acceptors (Lipinski definition) is 6. The van der Waals surface area contributed by atoms with Gasteiger partial charge in [0.1, 0.15) is 11.3 Å².